The molecule has 0 aliphatic heterocycles. The SMILES string of the molecule is C=CC(=O)OCCCCCCO[SiH3]. The summed E-state index contributed by atoms with van der Waals surface area (Å²) in [6.07, 6.45) is 5.47. The fourth-order valence-corrected chi connectivity index (χ4v) is 1.22. The maximum Gasteiger partial charge on any atom is 0.330 e. The zero-order chi connectivity index (χ0) is 9.94. The first-order valence-corrected chi connectivity index (χ1v) is 5.41. The van der Waals surface area contributed by atoms with Gasteiger partial charge in [-0.1, -0.05) is 13.0 Å². The van der Waals surface area contributed by atoms with Gasteiger partial charge in [-0.05, 0) is 19.3 Å². The summed E-state index contributed by atoms with van der Waals surface area (Å²) >= 11 is 0. The maximum atomic E-state index is 10.6. The molecule has 13 heavy (non-hydrogen) atoms. The summed E-state index contributed by atoms with van der Waals surface area (Å²) in [5.74, 6) is -0.331. The highest BCUT2D eigenvalue weighted by Gasteiger charge is 1.94. The molecule has 0 bridgehead atoms. The highest BCUT2D eigenvalue weighted by atomic mass is 28.2. The highest BCUT2D eigenvalue weighted by Crippen LogP contribution is 2.00. The van der Waals surface area contributed by atoms with Crippen LogP contribution in [-0.2, 0) is 14.0 Å². The number of unbranched alkanes of at least 4 members (excludes halogenated alkanes) is 3. The molecule has 0 radical (unpaired) electrons. The predicted octanol–water partition coefficient (Wildman–Crippen LogP) is 0.573. The van der Waals surface area contributed by atoms with Crippen molar-refractivity contribution in [3.05, 3.63) is 12.7 Å². The van der Waals surface area contributed by atoms with Crippen LogP contribution in [0.2, 0.25) is 0 Å². The molecule has 0 aromatic heterocycles. The molecule has 0 aliphatic rings. The van der Waals surface area contributed by atoms with Crippen LogP contribution in [0.25, 0.3) is 0 Å². The second kappa shape index (κ2) is 9.47. The van der Waals surface area contributed by atoms with E-state index in [4.69, 9.17) is 9.16 Å². The van der Waals surface area contributed by atoms with Gasteiger partial charge in [-0.15, -0.1) is 0 Å². The Balaban J connectivity index is 2.99. The van der Waals surface area contributed by atoms with Crippen molar-refractivity contribution in [1.29, 1.82) is 0 Å². The molecule has 0 amide bonds. The molecule has 0 N–H and O–H groups in total. The van der Waals surface area contributed by atoms with E-state index in [-0.39, 0.29) is 5.97 Å². The first-order chi connectivity index (χ1) is 6.31. The van der Waals surface area contributed by atoms with Crippen molar-refractivity contribution in [3.63, 3.8) is 0 Å². The number of carbonyl (C=O) groups excluding carboxylic acids is 1. The summed E-state index contributed by atoms with van der Waals surface area (Å²) in [4.78, 5) is 10.6. The third-order valence-electron chi connectivity index (χ3n) is 1.65. The van der Waals surface area contributed by atoms with E-state index < -0.39 is 0 Å². The van der Waals surface area contributed by atoms with Crippen LogP contribution >= 0.6 is 0 Å². The summed E-state index contributed by atoms with van der Waals surface area (Å²) in [6, 6.07) is 0. The second-order valence-corrected chi connectivity index (χ2v) is 3.36. The quantitative estimate of drug-likeness (QED) is 0.250. The zero-order valence-electron chi connectivity index (χ0n) is 8.25. The van der Waals surface area contributed by atoms with Crippen molar-refractivity contribution < 1.29 is 14.0 Å². The maximum absolute atomic E-state index is 10.6. The van der Waals surface area contributed by atoms with Gasteiger partial charge in [0.1, 0.15) is 10.5 Å². The normalized spacial score (nSPS) is 9.85. The lowest BCUT2D eigenvalue weighted by molar-refractivity contribution is -0.137. The van der Waals surface area contributed by atoms with Gasteiger partial charge < -0.3 is 9.16 Å². The first-order valence-electron chi connectivity index (χ1n) is 4.59. The second-order valence-electron chi connectivity index (χ2n) is 2.78. The molecule has 0 aromatic carbocycles. The Labute approximate surface area is 82.7 Å². The van der Waals surface area contributed by atoms with Crippen molar-refractivity contribution in [1.82, 2.24) is 0 Å². The Morgan fingerprint density at radius 3 is 2.38 bits per heavy atom. The number of rotatable bonds is 8. The molecule has 0 aromatic rings. The highest BCUT2D eigenvalue weighted by molar-refractivity contribution is 5.97. The van der Waals surface area contributed by atoms with Gasteiger partial charge >= 0.3 is 5.97 Å². The van der Waals surface area contributed by atoms with E-state index in [1.807, 2.05) is 0 Å². The Morgan fingerprint density at radius 1 is 1.23 bits per heavy atom. The fourth-order valence-electron chi connectivity index (χ4n) is 0.934. The minimum absolute atomic E-state index is 0.331. The van der Waals surface area contributed by atoms with Crippen LogP contribution in [0.5, 0.6) is 0 Å². The van der Waals surface area contributed by atoms with E-state index in [0.29, 0.717) is 6.61 Å². The molecule has 0 rings (SSSR count). The van der Waals surface area contributed by atoms with Gasteiger partial charge in [-0.3, -0.25) is 0 Å². The molecule has 0 saturated heterocycles. The lowest BCUT2D eigenvalue weighted by atomic mass is 10.2. The third kappa shape index (κ3) is 9.30. The minimum atomic E-state index is -0.331. The lowest BCUT2D eigenvalue weighted by Gasteiger charge is -2.01. The fraction of sp³-hybridized carbons (Fsp3) is 0.667. The smallest absolute Gasteiger partial charge is 0.330 e. The molecule has 0 aliphatic carbocycles. The van der Waals surface area contributed by atoms with E-state index in [0.717, 1.165) is 42.8 Å². The molecular formula is C9H18O3Si. The van der Waals surface area contributed by atoms with Gasteiger partial charge in [-0.25, -0.2) is 4.79 Å². The average Bonchev–Trinajstić information content (AvgIpc) is 2.16. The van der Waals surface area contributed by atoms with Crippen LogP contribution in [0.1, 0.15) is 25.7 Å². The van der Waals surface area contributed by atoms with Crippen LogP contribution < -0.4 is 0 Å². The van der Waals surface area contributed by atoms with Gasteiger partial charge in [0.2, 0.25) is 0 Å². The topological polar surface area (TPSA) is 35.5 Å². The molecule has 0 unspecified atom stereocenters. The predicted molar refractivity (Wildman–Crippen MR) is 55.5 cm³/mol. The summed E-state index contributed by atoms with van der Waals surface area (Å²) in [6.45, 7) is 4.69. The third-order valence-corrected chi connectivity index (χ3v) is 2.06. The molecule has 4 heteroatoms. The molecule has 0 spiro atoms. The van der Waals surface area contributed by atoms with Crippen molar-refractivity contribution in [2.24, 2.45) is 0 Å². The van der Waals surface area contributed by atoms with E-state index in [1.54, 1.807) is 0 Å². The lowest BCUT2D eigenvalue weighted by Crippen LogP contribution is -2.01. The Hall–Kier alpha value is -0.613. The van der Waals surface area contributed by atoms with Crippen molar-refractivity contribution in [3.8, 4) is 0 Å². The summed E-state index contributed by atoms with van der Waals surface area (Å²) in [5.41, 5.74) is 0. The molecular weight excluding hydrogens is 184 g/mol. The Kier molecular flexibility index (Phi) is 9.03. The van der Waals surface area contributed by atoms with Gasteiger partial charge in [0.25, 0.3) is 0 Å². The zero-order valence-corrected chi connectivity index (χ0v) is 10.3. The molecule has 0 atom stereocenters. The number of hydrogen-bond donors (Lipinski definition) is 0. The van der Waals surface area contributed by atoms with E-state index >= 15 is 0 Å². The van der Waals surface area contributed by atoms with Crippen molar-refractivity contribution >= 4 is 16.5 Å². The summed E-state index contributed by atoms with van der Waals surface area (Å²) in [5, 5.41) is 0. The first kappa shape index (κ1) is 12.4. The summed E-state index contributed by atoms with van der Waals surface area (Å²) < 4.78 is 9.86. The largest absolute Gasteiger partial charge is 0.463 e. The van der Waals surface area contributed by atoms with Crippen molar-refractivity contribution in [2.45, 2.75) is 25.7 Å². The van der Waals surface area contributed by atoms with Gasteiger partial charge in [0.05, 0.1) is 6.61 Å². The molecule has 0 heterocycles. The molecule has 0 saturated carbocycles. The number of esters is 1. The van der Waals surface area contributed by atoms with Crippen LogP contribution in [0.15, 0.2) is 12.7 Å². The van der Waals surface area contributed by atoms with Crippen LogP contribution in [0, 0.1) is 0 Å². The van der Waals surface area contributed by atoms with Gasteiger partial charge in [-0.2, -0.15) is 0 Å². The molecule has 3 nitrogen and oxygen atoms in total. The van der Waals surface area contributed by atoms with Crippen LogP contribution in [0.4, 0.5) is 0 Å². The van der Waals surface area contributed by atoms with Crippen LogP contribution in [0.3, 0.4) is 0 Å². The van der Waals surface area contributed by atoms with E-state index in [1.165, 1.54) is 6.08 Å². The van der Waals surface area contributed by atoms with Gasteiger partial charge in [0, 0.05) is 12.7 Å². The molecule has 0 fully saturated rings. The van der Waals surface area contributed by atoms with Gasteiger partial charge in [0.15, 0.2) is 0 Å². The van der Waals surface area contributed by atoms with E-state index in [2.05, 4.69) is 6.58 Å². The Bertz CT molecular complexity index is 148. The molecule has 76 valence electrons. The summed E-state index contributed by atoms with van der Waals surface area (Å²) in [7, 11) is 0.826. The minimum Gasteiger partial charge on any atom is -0.463 e. The number of ether oxygens (including phenoxy) is 1. The number of hydrogen-bond acceptors (Lipinski definition) is 3. The number of carbonyl (C=O) groups is 1. The average molecular weight is 202 g/mol. The Morgan fingerprint density at radius 2 is 1.85 bits per heavy atom. The van der Waals surface area contributed by atoms with Crippen LogP contribution in [-0.4, -0.2) is 29.7 Å². The van der Waals surface area contributed by atoms with Crippen molar-refractivity contribution in [2.75, 3.05) is 13.2 Å². The monoisotopic (exact) mass is 202 g/mol. The van der Waals surface area contributed by atoms with E-state index in [9.17, 15) is 4.79 Å². The standard InChI is InChI=1S/C9H18O3Si/c1-2-9(10)11-7-5-3-4-6-8-12-13/h2H,1,3-8H2,13H3.